The maximum atomic E-state index is 8.09. The standard InChI is InChI=1S/C11H22OSi.C5H8O.CH4/c1-6-7-8-9-12-13(10(2)3)11(4)5;1-2-3-4-5-6;/h10-11,13H,8-9H2,1-5H3;6H,4-5H2,1H3;1H4. The lowest BCUT2D eigenvalue weighted by Gasteiger charge is -2.22. The summed E-state index contributed by atoms with van der Waals surface area (Å²) in [4.78, 5) is 0. The third-order valence-electron chi connectivity index (χ3n) is 2.44. The average molecular weight is 299 g/mol. The number of aliphatic hydroxyl groups is 1. The summed E-state index contributed by atoms with van der Waals surface area (Å²) in [5.74, 6) is 11.3. The summed E-state index contributed by atoms with van der Waals surface area (Å²) in [6.45, 7) is 13.7. The van der Waals surface area contributed by atoms with Crippen LogP contribution >= 0.6 is 0 Å². The maximum Gasteiger partial charge on any atom is 0.182 e. The third kappa shape index (κ3) is 17.3. The van der Waals surface area contributed by atoms with Crippen LogP contribution in [-0.2, 0) is 4.43 Å². The normalized spacial score (nSPS) is 8.90. The van der Waals surface area contributed by atoms with Gasteiger partial charge in [0, 0.05) is 19.4 Å². The van der Waals surface area contributed by atoms with Gasteiger partial charge < -0.3 is 9.53 Å². The first kappa shape index (κ1) is 24.3. The SMILES string of the molecule is C.CC#CCCO.CC#CCCO[SiH](C(C)C)C(C)C. The van der Waals surface area contributed by atoms with E-state index in [0.717, 1.165) is 24.1 Å². The second kappa shape index (κ2) is 18.3. The molecule has 0 radical (unpaired) electrons. The van der Waals surface area contributed by atoms with Gasteiger partial charge in [0.05, 0.1) is 6.61 Å². The summed E-state index contributed by atoms with van der Waals surface area (Å²) < 4.78 is 5.90. The predicted molar refractivity (Wildman–Crippen MR) is 93.2 cm³/mol. The van der Waals surface area contributed by atoms with E-state index < -0.39 is 9.04 Å². The van der Waals surface area contributed by atoms with E-state index in [1.807, 2.05) is 6.92 Å². The lowest BCUT2D eigenvalue weighted by atomic mass is 10.5. The van der Waals surface area contributed by atoms with Crippen molar-refractivity contribution in [1.29, 1.82) is 0 Å². The quantitative estimate of drug-likeness (QED) is 0.456. The minimum absolute atomic E-state index is 0. The van der Waals surface area contributed by atoms with Crippen molar-refractivity contribution in [1.82, 2.24) is 0 Å². The van der Waals surface area contributed by atoms with Crippen LogP contribution < -0.4 is 0 Å². The van der Waals surface area contributed by atoms with E-state index >= 15 is 0 Å². The fourth-order valence-corrected chi connectivity index (χ4v) is 4.41. The summed E-state index contributed by atoms with van der Waals surface area (Å²) in [7, 11) is -0.991. The largest absolute Gasteiger partial charge is 0.419 e. The van der Waals surface area contributed by atoms with Crippen LogP contribution in [0.1, 0.15) is 61.8 Å². The highest BCUT2D eigenvalue weighted by atomic mass is 28.3. The van der Waals surface area contributed by atoms with E-state index in [9.17, 15) is 0 Å². The summed E-state index contributed by atoms with van der Waals surface area (Å²) in [6, 6.07) is 0. The minimum atomic E-state index is -0.991. The van der Waals surface area contributed by atoms with Crippen LogP contribution in [0.2, 0.25) is 11.1 Å². The number of aliphatic hydroxyl groups excluding tert-OH is 1. The van der Waals surface area contributed by atoms with Gasteiger partial charge in [-0.2, -0.15) is 0 Å². The van der Waals surface area contributed by atoms with Crippen molar-refractivity contribution in [3.8, 4) is 23.7 Å². The van der Waals surface area contributed by atoms with Gasteiger partial charge in [-0.05, 0) is 24.9 Å². The third-order valence-corrected chi connectivity index (χ3v) is 5.69. The maximum absolute atomic E-state index is 8.09. The van der Waals surface area contributed by atoms with E-state index in [0.29, 0.717) is 6.42 Å². The van der Waals surface area contributed by atoms with Gasteiger partial charge in [0.2, 0.25) is 0 Å². The second-order valence-electron chi connectivity index (χ2n) is 4.90. The van der Waals surface area contributed by atoms with Crippen molar-refractivity contribution in [3.05, 3.63) is 0 Å². The molecule has 0 rings (SSSR count). The van der Waals surface area contributed by atoms with Gasteiger partial charge >= 0.3 is 0 Å². The molecule has 0 heterocycles. The van der Waals surface area contributed by atoms with Gasteiger partial charge in [-0.15, -0.1) is 23.7 Å². The molecule has 0 aromatic carbocycles. The first-order valence-electron chi connectivity index (χ1n) is 7.02. The molecule has 20 heavy (non-hydrogen) atoms. The minimum Gasteiger partial charge on any atom is -0.419 e. The molecule has 0 unspecified atom stereocenters. The molecule has 0 fully saturated rings. The molecule has 0 spiro atoms. The molecule has 0 saturated heterocycles. The van der Waals surface area contributed by atoms with Crippen molar-refractivity contribution in [2.45, 2.75) is 72.9 Å². The molecule has 0 aliphatic rings. The predicted octanol–water partition coefficient (Wildman–Crippen LogP) is 3.99. The van der Waals surface area contributed by atoms with Gasteiger partial charge in [0.25, 0.3) is 0 Å². The number of rotatable bonds is 6. The molecule has 0 aliphatic heterocycles. The summed E-state index contributed by atoms with van der Waals surface area (Å²) >= 11 is 0. The Morgan fingerprint density at radius 1 is 0.950 bits per heavy atom. The molecular weight excluding hydrogens is 264 g/mol. The summed E-state index contributed by atoms with van der Waals surface area (Å²) in [5.41, 5.74) is 1.46. The molecule has 0 aromatic heterocycles. The summed E-state index contributed by atoms with van der Waals surface area (Å²) in [5, 5.41) is 8.09. The van der Waals surface area contributed by atoms with Crippen LogP contribution in [0.4, 0.5) is 0 Å². The van der Waals surface area contributed by atoms with Crippen LogP contribution in [0.5, 0.6) is 0 Å². The fourth-order valence-electron chi connectivity index (χ4n) is 1.71. The van der Waals surface area contributed by atoms with Crippen LogP contribution in [0.3, 0.4) is 0 Å². The highest BCUT2D eigenvalue weighted by Gasteiger charge is 2.20. The Kier molecular flexibility index (Phi) is 22.2. The van der Waals surface area contributed by atoms with Crippen molar-refractivity contribution in [2.75, 3.05) is 13.2 Å². The van der Waals surface area contributed by atoms with Crippen molar-refractivity contribution >= 4 is 9.04 Å². The van der Waals surface area contributed by atoms with Crippen molar-refractivity contribution in [3.63, 3.8) is 0 Å². The van der Waals surface area contributed by atoms with Crippen LogP contribution in [0, 0.1) is 23.7 Å². The van der Waals surface area contributed by atoms with Gasteiger partial charge in [-0.3, -0.25) is 0 Å². The molecule has 2 nitrogen and oxygen atoms in total. The van der Waals surface area contributed by atoms with E-state index in [4.69, 9.17) is 9.53 Å². The molecule has 0 amide bonds. The molecule has 3 heteroatoms. The van der Waals surface area contributed by atoms with E-state index in [-0.39, 0.29) is 14.0 Å². The Bertz CT molecular complexity index is 294. The second-order valence-corrected chi connectivity index (χ2v) is 8.83. The Hall–Kier alpha value is -0.743. The Balaban J connectivity index is -0.000000352. The Morgan fingerprint density at radius 2 is 1.40 bits per heavy atom. The number of hydrogen-bond acceptors (Lipinski definition) is 2. The van der Waals surface area contributed by atoms with Gasteiger partial charge in [0.15, 0.2) is 9.04 Å². The Morgan fingerprint density at radius 3 is 1.70 bits per heavy atom. The van der Waals surface area contributed by atoms with E-state index in [1.54, 1.807) is 6.92 Å². The van der Waals surface area contributed by atoms with Crippen LogP contribution in [-0.4, -0.2) is 27.4 Å². The summed E-state index contributed by atoms with van der Waals surface area (Å²) in [6.07, 6.45) is 1.50. The highest BCUT2D eigenvalue weighted by molar-refractivity contribution is 6.54. The zero-order chi connectivity index (χ0) is 15.1. The molecular formula is C17H34O2Si. The number of hydrogen-bond donors (Lipinski definition) is 1. The monoisotopic (exact) mass is 298 g/mol. The van der Waals surface area contributed by atoms with Gasteiger partial charge in [-0.25, -0.2) is 0 Å². The molecule has 118 valence electrons. The molecule has 1 N–H and O–H groups in total. The van der Waals surface area contributed by atoms with Crippen molar-refractivity contribution < 1.29 is 9.53 Å². The van der Waals surface area contributed by atoms with Crippen molar-refractivity contribution in [2.24, 2.45) is 0 Å². The molecule has 0 aliphatic carbocycles. The Labute approximate surface area is 129 Å². The first-order chi connectivity index (χ1) is 9.01. The fraction of sp³-hybridized carbons (Fsp3) is 0.765. The molecule has 0 aromatic rings. The average Bonchev–Trinajstić information content (AvgIpc) is 2.36. The zero-order valence-electron chi connectivity index (χ0n) is 13.4. The highest BCUT2D eigenvalue weighted by Crippen LogP contribution is 2.20. The van der Waals surface area contributed by atoms with Gasteiger partial charge in [0.1, 0.15) is 0 Å². The zero-order valence-corrected chi connectivity index (χ0v) is 14.6. The van der Waals surface area contributed by atoms with Crippen LogP contribution in [0.15, 0.2) is 0 Å². The first-order valence-corrected chi connectivity index (χ1v) is 8.83. The molecule has 0 atom stereocenters. The lowest BCUT2D eigenvalue weighted by molar-refractivity contribution is 0.305. The topological polar surface area (TPSA) is 29.5 Å². The molecule has 0 bridgehead atoms. The van der Waals surface area contributed by atoms with Gasteiger partial charge in [-0.1, -0.05) is 35.1 Å². The van der Waals surface area contributed by atoms with E-state index in [2.05, 4.69) is 51.4 Å². The smallest absolute Gasteiger partial charge is 0.182 e. The lowest BCUT2D eigenvalue weighted by Crippen LogP contribution is -2.25. The van der Waals surface area contributed by atoms with Crippen LogP contribution in [0.25, 0.3) is 0 Å². The van der Waals surface area contributed by atoms with E-state index in [1.165, 1.54) is 0 Å². The molecule has 0 saturated carbocycles.